The largest absolute Gasteiger partial charge is 0.573 e. The summed E-state index contributed by atoms with van der Waals surface area (Å²) in [5.74, 6) is -0.634. The van der Waals surface area contributed by atoms with E-state index in [4.69, 9.17) is 0 Å². The SMILES string of the molecule is C=CC(=O)NCc1cc(-c2ccc(OC(F)(F)F)cc2)c(C)c(N(C)/C=C(\C)CC)c1CCO. The molecule has 1 amide bonds. The monoisotopic (exact) mass is 476 g/mol. The van der Waals surface area contributed by atoms with Crippen LogP contribution >= 0.6 is 0 Å². The van der Waals surface area contributed by atoms with E-state index in [-0.39, 0.29) is 24.8 Å². The number of nitrogens with zero attached hydrogens (tertiary/aromatic N) is 1. The maximum absolute atomic E-state index is 12.6. The molecule has 0 aliphatic heterocycles. The molecule has 8 heteroatoms. The number of benzene rings is 2. The Morgan fingerprint density at radius 3 is 2.44 bits per heavy atom. The minimum Gasteiger partial charge on any atom is -0.406 e. The number of hydrogen-bond acceptors (Lipinski definition) is 4. The van der Waals surface area contributed by atoms with Crippen molar-refractivity contribution in [1.29, 1.82) is 0 Å². The lowest BCUT2D eigenvalue weighted by atomic mass is 9.90. The number of aliphatic hydroxyl groups excluding tert-OH is 1. The lowest BCUT2D eigenvalue weighted by molar-refractivity contribution is -0.274. The van der Waals surface area contributed by atoms with Crippen LogP contribution in [-0.4, -0.2) is 31.0 Å². The topological polar surface area (TPSA) is 61.8 Å². The molecule has 0 spiro atoms. The fourth-order valence-electron chi connectivity index (χ4n) is 3.78. The Kier molecular flexibility index (Phi) is 9.32. The van der Waals surface area contributed by atoms with Crippen molar-refractivity contribution in [3.8, 4) is 16.9 Å². The third-order valence-electron chi connectivity index (χ3n) is 5.47. The summed E-state index contributed by atoms with van der Waals surface area (Å²) in [5, 5.41) is 12.5. The number of nitrogens with one attached hydrogen (secondary N) is 1. The van der Waals surface area contributed by atoms with Gasteiger partial charge in [0.05, 0.1) is 0 Å². The van der Waals surface area contributed by atoms with Crippen LogP contribution in [0.3, 0.4) is 0 Å². The second kappa shape index (κ2) is 11.7. The first kappa shape index (κ1) is 27.0. The number of alkyl halides is 3. The average Bonchev–Trinajstić information content (AvgIpc) is 2.78. The summed E-state index contributed by atoms with van der Waals surface area (Å²) in [7, 11) is 1.92. The van der Waals surface area contributed by atoms with Crippen molar-refractivity contribution in [1.82, 2.24) is 5.32 Å². The van der Waals surface area contributed by atoms with E-state index in [1.165, 1.54) is 18.2 Å². The van der Waals surface area contributed by atoms with E-state index in [2.05, 4.69) is 23.6 Å². The molecule has 0 aromatic heterocycles. The van der Waals surface area contributed by atoms with Crippen molar-refractivity contribution in [3.05, 3.63) is 71.5 Å². The molecular weight excluding hydrogens is 445 g/mol. The van der Waals surface area contributed by atoms with Crippen LogP contribution in [0.25, 0.3) is 11.1 Å². The van der Waals surface area contributed by atoms with Crippen LogP contribution in [0.5, 0.6) is 5.75 Å². The zero-order valence-electron chi connectivity index (χ0n) is 19.9. The number of carbonyl (C=O) groups is 1. The number of hydrogen-bond donors (Lipinski definition) is 2. The van der Waals surface area contributed by atoms with Gasteiger partial charge in [-0.25, -0.2) is 0 Å². The quantitative estimate of drug-likeness (QED) is 0.435. The Morgan fingerprint density at radius 2 is 1.91 bits per heavy atom. The van der Waals surface area contributed by atoms with Gasteiger partial charge in [0, 0.05) is 32.1 Å². The van der Waals surface area contributed by atoms with Crippen LogP contribution in [0.1, 0.15) is 37.0 Å². The van der Waals surface area contributed by atoms with Crippen molar-refractivity contribution >= 4 is 11.6 Å². The highest BCUT2D eigenvalue weighted by molar-refractivity contribution is 5.87. The Morgan fingerprint density at radius 1 is 1.26 bits per heavy atom. The molecule has 0 saturated heterocycles. The van der Waals surface area contributed by atoms with Gasteiger partial charge >= 0.3 is 6.36 Å². The number of allylic oxidation sites excluding steroid dienone is 1. The minimum atomic E-state index is -4.76. The Bertz CT molecular complexity index is 1040. The fourth-order valence-corrected chi connectivity index (χ4v) is 3.78. The Labute approximate surface area is 198 Å². The van der Waals surface area contributed by atoms with Crippen LogP contribution in [0.4, 0.5) is 18.9 Å². The minimum absolute atomic E-state index is 0.0814. The lowest BCUT2D eigenvalue weighted by Crippen LogP contribution is -2.23. The number of rotatable bonds is 10. The molecule has 0 unspecified atom stereocenters. The van der Waals surface area contributed by atoms with Crippen LogP contribution in [0.2, 0.25) is 0 Å². The third kappa shape index (κ3) is 7.12. The smallest absolute Gasteiger partial charge is 0.406 e. The van der Waals surface area contributed by atoms with Gasteiger partial charge in [0.15, 0.2) is 0 Å². The molecule has 0 radical (unpaired) electrons. The predicted molar refractivity (Wildman–Crippen MR) is 129 cm³/mol. The molecule has 0 fully saturated rings. The van der Waals surface area contributed by atoms with Gasteiger partial charge in [-0.1, -0.05) is 31.2 Å². The maximum Gasteiger partial charge on any atom is 0.573 e. The molecule has 0 bridgehead atoms. The third-order valence-corrected chi connectivity index (χ3v) is 5.47. The van der Waals surface area contributed by atoms with E-state index in [1.54, 1.807) is 12.1 Å². The number of ether oxygens (including phenoxy) is 1. The molecule has 5 nitrogen and oxygen atoms in total. The van der Waals surface area contributed by atoms with Gasteiger partial charge in [-0.2, -0.15) is 0 Å². The van der Waals surface area contributed by atoms with Gasteiger partial charge in [-0.15, -0.1) is 13.2 Å². The van der Waals surface area contributed by atoms with E-state index in [0.717, 1.165) is 39.9 Å². The summed E-state index contributed by atoms with van der Waals surface area (Å²) in [6, 6.07) is 7.58. The van der Waals surface area contributed by atoms with Crippen molar-refractivity contribution in [2.75, 3.05) is 18.6 Å². The van der Waals surface area contributed by atoms with Gasteiger partial charge in [-0.05, 0) is 78.8 Å². The standard InChI is InChI=1S/C26H31F3N2O3/c1-6-17(3)16-31(5)25-18(4)23(19-8-10-21(11-9-19)34-26(27,28)29)14-20(22(25)12-13-32)15-30-24(33)7-2/h7-11,14,16,32H,2,6,12-13,15H2,1,3-5H3,(H,30,33)/b17-16+. The molecule has 2 N–H and O–H groups in total. The van der Waals surface area contributed by atoms with Crippen LogP contribution < -0.4 is 15.0 Å². The van der Waals surface area contributed by atoms with Crippen LogP contribution in [0, 0.1) is 6.92 Å². The molecule has 184 valence electrons. The Balaban J connectivity index is 2.68. The first-order valence-corrected chi connectivity index (χ1v) is 10.9. The fraction of sp³-hybridized carbons (Fsp3) is 0.346. The van der Waals surface area contributed by atoms with Crippen LogP contribution in [-0.2, 0) is 17.8 Å². The summed E-state index contributed by atoms with van der Waals surface area (Å²) < 4.78 is 41.7. The van der Waals surface area contributed by atoms with Crippen molar-refractivity contribution in [3.63, 3.8) is 0 Å². The van der Waals surface area contributed by atoms with Crippen molar-refractivity contribution in [2.45, 2.75) is 46.5 Å². The van der Waals surface area contributed by atoms with Crippen LogP contribution in [0.15, 0.2) is 54.8 Å². The molecule has 0 aliphatic carbocycles. The predicted octanol–water partition coefficient (Wildman–Crippen LogP) is 5.65. The molecule has 0 aliphatic rings. The zero-order valence-corrected chi connectivity index (χ0v) is 19.9. The van der Waals surface area contributed by atoms with Gasteiger partial charge in [-0.3, -0.25) is 4.79 Å². The maximum atomic E-state index is 12.6. The van der Waals surface area contributed by atoms with E-state index >= 15 is 0 Å². The molecule has 34 heavy (non-hydrogen) atoms. The van der Waals surface area contributed by atoms with E-state index in [0.29, 0.717) is 12.0 Å². The highest BCUT2D eigenvalue weighted by Gasteiger charge is 2.31. The Hall–Kier alpha value is -3.26. The number of aliphatic hydroxyl groups is 1. The molecular formula is C26H31F3N2O3. The van der Waals surface area contributed by atoms with Crippen molar-refractivity contribution in [2.24, 2.45) is 0 Å². The summed E-state index contributed by atoms with van der Waals surface area (Å²) >= 11 is 0. The molecule has 2 rings (SSSR count). The van der Waals surface area contributed by atoms with E-state index in [1.807, 2.05) is 38.1 Å². The summed E-state index contributed by atoms with van der Waals surface area (Å²) in [5.41, 5.74) is 6.10. The average molecular weight is 477 g/mol. The molecule has 2 aromatic carbocycles. The second-order valence-corrected chi connectivity index (χ2v) is 7.94. The first-order chi connectivity index (χ1) is 16.0. The molecule has 0 atom stereocenters. The number of amides is 1. The normalized spacial score (nSPS) is 11.8. The molecule has 0 heterocycles. The highest BCUT2D eigenvalue weighted by atomic mass is 19.4. The molecule has 0 saturated carbocycles. The zero-order chi connectivity index (χ0) is 25.5. The van der Waals surface area contributed by atoms with Gasteiger partial charge in [0.1, 0.15) is 5.75 Å². The van der Waals surface area contributed by atoms with Gasteiger partial charge in [0.25, 0.3) is 0 Å². The lowest BCUT2D eigenvalue weighted by Gasteiger charge is -2.27. The molecule has 2 aromatic rings. The van der Waals surface area contributed by atoms with Crippen molar-refractivity contribution < 1.29 is 27.8 Å². The second-order valence-electron chi connectivity index (χ2n) is 7.94. The summed E-state index contributed by atoms with van der Waals surface area (Å²) in [6.45, 7) is 9.61. The number of carbonyl (C=O) groups excluding carboxylic acids is 1. The first-order valence-electron chi connectivity index (χ1n) is 10.9. The van der Waals surface area contributed by atoms with E-state index in [9.17, 15) is 23.1 Å². The van der Waals surface area contributed by atoms with E-state index < -0.39 is 6.36 Å². The number of halogens is 3. The highest BCUT2D eigenvalue weighted by Crippen LogP contribution is 2.38. The summed E-state index contributed by atoms with van der Waals surface area (Å²) in [6.07, 6.45) is -0.335. The summed E-state index contributed by atoms with van der Waals surface area (Å²) in [4.78, 5) is 13.8. The number of anilines is 1. The van der Waals surface area contributed by atoms with Gasteiger partial charge < -0.3 is 20.1 Å². The van der Waals surface area contributed by atoms with Gasteiger partial charge in [0.2, 0.25) is 5.91 Å².